The van der Waals surface area contributed by atoms with Gasteiger partial charge in [0, 0.05) is 31.3 Å². The van der Waals surface area contributed by atoms with Crippen molar-refractivity contribution in [2.24, 2.45) is 33.7 Å². The minimum atomic E-state index is -1.60. The van der Waals surface area contributed by atoms with Gasteiger partial charge >= 0.3 is 5.97 Å². The van der Waals surface area contributed by atoms with Crippen LogP contribution in [-0.2, 0) is 35.2 Å². The summed E-state index contributed by atoms with van der Waals surface area (Å²) in [5.41, 5.74) is 27.3. The van der Waals surface area contributed by atoms with Crippen molar-refractivity contribution in [3.63, 3.8) is 0 Å². The summed E-state index contributed by atoms with van der Waals surface area (Å²) in [6.45, 7) is 0.119. The Morgan fingerprint density at radius 3 is 2.05 bits per heavy atom. The van der Waals surface area contributed by atoms with E-state index in [0.717, 1.165) is 0 Å². The standard InChI is InChI=1S/C21H35N11O7/c22-11(6-10-8-27-9-29-10)17(35)30-12(2-1-5-28-21(25)26)18(36)32-14(7-16(24)34)19(37)31-13(20(38)39)3-4-15(23)33/h8-9,11-14H,1-7,22H2,(H2,23,33)(H2,24,34)(H,27,29)(H,30,35)(H,31,37)(H,32,36)(H,38,39)(H4,25,26,28). The van der Waals surface area contributed by atoms with Gasteiger partial charge < -0.3 is 54.7 Å². The Hall–Kier alpha value is -4.74. The molecule has 0 saturated carbocycles. The molecule has 1 rings (SSSR count). The number of nitrogens with zero attached hydrogens (tertiary/aromatic N) is 2. The van der Waals surface area contributed by atoms with Gasteiger partial charge in [-0.05, 0) is 19.3 Å². The molecule has 1 aromatic rings. The Balaban J connectivity index is 3.02. The van der Waals surface area contributed by atoms with E-state index >= 15 is 0 Å². The number of imidazole rings is 1. The van der Waals surface area contributed by atoms with Gasteiger partial charge in [-0.3, -0.25) is 29.0 Å². The van der Waals surface area contributed by atoms with Crippen LogP contribution in [0, 0.1) is 0 Å². The zero-order chi connectivity index (χ0) is 29.5. The highest BCUT2D eigenvalue weighted by atomic mass is 16.4. The highest BCUT2D eigenvalue weighted by Gasteiger charge is 2.31. The molecule has 15 N–H and O–H groups in total. The number of aromatic amines is 1. The first-order chi connectivity index (χ1) is 18.3. The van der Waals surface area contributed by atoms with Crippen LogP contribution in [-0.4, -0.2) is 87.3 Å². The van der Waals surface area contributed by atoms with E-state index in [-0.39, 0.29) is 44.6 Å². The number of carboxylic acids is 1. The lowest BCUT2D eigenvalue weighted by Gasteiger charge is -2.24. The number of carbonyl (C=O) groups excluding carboxylic acids is 5. The number of hydrogen-bond acceptors (Lipinski definition) is 9. The van der Waals surface area contributed by atoms with E-state index in [1.165, 1.54) is 12.5 Å². The van der Waals surface area contributed by atoms with Crippen LogP contribution in [0.4, 0.5) is 0 Å². The third kappa shape index (κ3) is 12.9. The summed E-state index contributed by atoms with van der Waals surface area (Å²) in [6, 6.07) is -5.44. The van der Waals surface area contributed by atoms with E-state index < -0.39 is 66.1 Å². The molecule has 0 bridgehead atoms. The molecule has 0 spiro atoms. The number of aromatic nitrogens is 2. The second kappa shape index (κ2) is 16.2. The van der Waals surface area contributed by atoms with E-state index in [1.54, 1.807) is 0 Å². The highest BCUT2D eigenvalue weighted by molar-refractivity contribution is 5.96. The van der Waals surface area contributed by atoms with Crippen molar-refractivity contribution in [3.8, 4) is 0 Å². The topological polar surface area (TPSA) is 330 Å². The molecule has 0 fully saturated rings. The molecule has 0 aromatic carbocycles. The normalized spacial score (nSPS) is 13.7. The number of nitrogens with two attached hydrogens (primary N) is 5. The summed E-state index contributed by atoms with van der Waals surface area (Å²) in [4.78, 5) is 83.1. The van der Waals surface area contributed by atoms with E-state index in [1.807, 2.05) is 0 Å². The van der Waals surface area contributed by atoms with Crippen LogP contribution in [0.25, 0.3) is 0 Å². The maximum absolute atomic E-state index is 13.1. The van der Waals surface area contributed by atoms with Crippen LogP contribution in [0.1, 0.15) is 37.8 Å². The molecular formula is C21H35N11O7. The van der Waals surface area contributed by atoms with Crippen LogP contribution in [0.15, 0.2) is 17.5 Å². The van der Waals surface area contributed by atoms with E-state index in [0.29, 0.717) is 5.69 Å². The van der Waals surface area contributed by atoms with Crippen LogP contribution >= 0.6 is 0 Å². The number of carboxylic acid groups (broad SMARTS) is 1. The zero-order valence-electron chi connectivity index (χ0n) is 21.1. The maximum atomic E-state index is 13.1. The lowest BCUT2D eigenvalue weighted by atomic mass is 10.1. The lowest BCUT2D eigenvalue weighted by molar-refractivity contribution is -0.142. The number of guanidine groups is 1. The molecule has 0 saturated heterocycles. The number of aliphatic carboxylic acids is 1. The number of carbonyl (C=O) groups is 6. The average Bonchev–Trinajstić information content (AvgIpc) is 3.35. The average molecular weight is 554 g/mol. The quantitative estimate of drug-likeness (QED) is 0.0466. The first kappa shape index (κ1) is 32.3. The first-order valence-corrected chi connectivity index (χ1v) is 11.8. The fraction of sp³-hybridized carbons (Fsp3) is 0.524. The summed E-state index contributed by atoms with van der Waals surface area (Å²) in [7, 11) is 0. The Morgan fingerprint density at radius 2 is 1.51 bits per heavy atom. The second-order valence-electron chi connectivity index (χ2n) is 8.53. The molecule has 4 atom stereocenters. The fourth-order valence-corrected chi connectivity index (χ4v) is 3.28. The van der Waals surface area contributed by atoms with Gasteiger partial charge in [-0.1, -0.05) is 0 Å². The van der Waals surface area contributed by atoms with Gasteiger partial charge in [0.2, 0.25) is 29.5 Å². The van der Waals surface area contributed by atoms with Gasteiger partial charge in [-0.25, -0.2) is 9.78 Å². The summed E-state index contributed by atoms with van der Waals surface area (Å²) in [5.74, 6) is -6.04. The minimum Gasteiger partial charge on any atom is -0.480 e. The summed E-state index contributed by atoms with van der Waals surface area (Å²) >= 11 is 0. The maximum Gasteiger partial charge on any atom is 0.326 e. The Bertz CT molecular complexity index is 1040. The molecule has 0 aliphatic carbocycles. The third-order valence-electron chi connectivity index (χ3n) is 5.24. The van der Waals surface area contributed by atoms with Crippen LogP contribution in [0.5, 0.6) is 0 Å². The van der Waals surface area contributed by atoms with Crippen molar-refractivity contribution in [2.75, 3.05) is 6.54 Å². The number of primary amides is 2. The van der Waals surface area contributed by atoms with Gasteiger partial charge in [-0.2, -0.15) is 0 Å². The predicted octanol–water partition coefficient (Wildman–Crippen LogP) is -4.99. The van der Waals surface area contributed by atoms with Gasteiger partial charge in [-0.15, -0.1) is 0 Å². The van der Waals surface area contributed by atoms with E-state index in [4.69, 9.17) is 28.7 Å². The van der Waals surface area contributed by atoms with Gasteiger partial charge in [0.15, 0.2) is 5.96 Å². The molecular weight excluding hydrogens is 518 g/mol. The van der Waals surface area contributed by atoms with Gasteiger partial charge in [0.1, 0.15) is 18.1 Å². The van der Waals surface area contributed by atoms with Crippen LogP contribution in [0.2, 0.25) is 0 Å². The van der Waals surface area contributed by atoms with Crippen LogP contribution < -0.4 is 44.6 Å². The van der Waals surface area contributed by atoms with Crippen molar-refractivity contribution in [2.45, 2.75) is 62.7 Å². The Morgan fingerprint density at radius 1 is 0.897 bits per heavy atom. The molecule has 39 heavy (non-hydrogen) atoms. The van der Waals surface area contributed by atoms with Gasteiger partial charge in [0.05, 0.1) is 18.8 Å². The highest BCUT2D eigenvalue weighted by Crippen LogP contribution is 2.05. The molecule has 4 unspecified atom stereocenters. The summed E-state index contributed by atoms with van der Waals surface area (Å²) < 4.78 is 0. The number of amides is 5. The van der Waals surface area contributed by atoms with Crippen molar-refractivity contribution >= 4 is 41.5 Å². The SMILES string of the molecule is NC(=O)CCC(NC(=O)C(CC(N)=O)NC(=O)C(CCCN=C(N)N)NC(=O)C(N)Cc1cnc[nH]1)C(=O)O. The molecule has 1 heterocycles. The zero-order valence-corrected chi connectivity index (χ0v) is 21.1. The molecule has 0 radical (unpaired) electrons. The Labute approximate surface area is 222 Å². The molecule has 0 aliphatic rings. The number of rotatable bonds is 18. The van der Waals surface area contributed by atoms with Crippen molar-refractivity contribution in [1.29, 1.82) is 0 Å². The monoisotopic (exact) mass is 553 g/mol. The van der Waals surface area contributed by atoms with E-state index in [9.17, 15) is 33.9 Å². The van der Waals surface area contributed by atoms with Crippen molar-refractivity contribution in [1.82, 2.24) is 25.9 Å². The number of nitrogens with one attached hydrogen (secondary N) is 4. The number of H-pyrrole nitrogens is 1. The second-order valence-corrected chi connectivity index (χ2v) is 8.53. The molecule has 5 amide bonds. The van der Waals surface area contributed by atoms with Crippen molar-refractivity contribution in [3.05, 3.63) is 18.2 Å². The summed E-state index contributed by atoms with van der Waals surface area (Å²) in [6.07, 6.45) is 1.86. The molecule has 18 heteroatoms. The summed E-state index contributed by atoms with van der Waals surface area (Å²) in [5, 5.41) is 16.3. The minimum absolute atomic E-state index is 0.00635. The fourth-order valence-electron chi connectivity index (χ4n) is 3.28. The lowest BCUT2D eigenvalue weighted by Crippen LogP contribution is -2.58. The molecule has 0 aliphatic heterocycles. The van der Waals surface area contributed by atoms with Crippen LogP contribution in [0.3, 0.4) is 0 Å². The molecule has 18 nitrogen and oxygen atoms in total. The van der Waals surface area contributed by atoms with Gasteiger partial charge in [0.25, 0.3) is 0 Å². The molecule has 1 aromatic heterocycles. The largest absolute Gasteiger partial charge is 0.480 e. The Kier molecular flexibility index (Phi) is 13.4. The molecule has 216 valence electrons. The number of aliphatic imine (C=N–C) groups is 1. The number of hydrogen-bond donors (Lipinski definition) is 10. The van der Waals surface area contributed by atoms with E-state index in [2.05, 4.69) is 30.9 Å². The first-order valence-electron chi connectivity index (χ1n) is 11.8. The third-order valence-corrected chi connectivity index (χ3v) is 5.24. The van der Waals surface area contributed by atoms with Crippen molar-refractivity contribution < 1.29 is 33.9 Å². The smallest absolute Gasteiger partial charge is 0.326 e. The predicted molar refractivity (Wildman–Crippen MR) is 136 cm³/mol.